The average Bonchev–Trinajstić information content (AvgIpc) is 1.30. The maximum absolute atomic E-state index is 8.21. The van der Waals surface area contributed by atoms with Crippen molar-refractivity contribution in [3.63, 3.8) is 0 Å². The van der Waals surface area contributed by atoms with Gasteiger partial charge in [0.05, 0.1) is 21.1 Å². The number of hydrogen-bond donors (Lipinski definition) is 1. The molecule has 0 saturated heterocycles. The van der Waals surface area contributed by atoms with Crippen LogP contribution in [0.2, 0.25) is 0 Å². The molecule has 0 spiro atoms. The third-order valence-electron chi connectivity index (χ3n) is 0.514. The lowest BCUT2D eigenvalue weighted by Crippen LogP contribution is -3.00. The molecular weight excluding hydrogens is 126 g/mol. The first-order valence-corrected chi connectivity index (χ1v) is 2.19. The van der Waals surface area contributed by atoms with Gasteiger partial charge in [-0.15, -0.1) is 0 Å². The highest BCUT2D eigenvalue weighted by Gasteiger charge is 1.96. The maximum Gasteiger partial charge on any atom is 0.132 e. The summed E-state index contributed by atoms with van der Waals surface area (Å²) < 4.78 is 0.663. The van der Waals surface area contributed by atoms with Crippen molar-refractivity contribution in [1.82, 2.24) is 0 Å². The molecule has 0 fully saturated rings. The number of halogens is 1. The number of hydrogen-bond acceptors (Lipinski definition) is 1. The topological polar surface area (TPSA) is 20.2 Å². The second-order valence-electron chi connectivity index (χ2n) is 2.41. The highest BCUT2D eigenvalue weighted by Crippen LogP contribution is 1.87. The van der Waals surface area contributed by atoms with Gasteiger partial charge in [-0.3, -0.25) is 0 Å². The van der Waals surface area contributed by atoms with Gasteiger partial charge in [-0.25, -0.2) is 0 Å². The summed E-state index contributed by atoms with van der Waals surface area (Å²) in [6.45, 7) is 0. The second kappa shape index (κ2) is 3.75. The molecule has 0 bridgehead atoms. The van der Waals surface area contributed by atoms with Crippen LogP contribution in [0, 0.1) is 0 Å². The molecule has 8 heavy (non-hydrogen) atoms. The van der Waals surface area contributed by atoms with E-state index in [-0.39, 0.29) is 12.4 Å². The predicted molar refractivity (Wildman–Crippen MR) is 29.8 cm³/mol. The molecule has 0 aliphatic rings. The van der Waals surface area contributed by atoms with E-state index in [0.717, 1.165) is 6.26 Å². The summed E-state index contributed by atoms with van der Waals surface area (Å²) >= 11 is 0. The van der Waals surface area contributed by atoms with Gasteiger partial charge < -0.3 is 22.0 Å². The third kappa shape index (κ3) is 9.25. The molecule has 0 amide bonds. The summed E-state index contributed by atoms with van der Waals surface area (Å²) in [5.74, 6) is 0. The molecule has 0 aliphatic heterocycles. The first-order chi connectivity index (χ1) is 3.06. The van der Waals surface area contributed by atoms with Crippen molar-refractivity contribution in [3.8, 4) is 0 Å². The van der Waals surface area contributed by atoms with Crippen LogP contribution in [-0.2, 0) is 0 Å². The number of aliphatic hydroxyl groups excluding tert-OH is 1. The molecule has 50 valence electrons. The van der Waals surface area contributed by atoms with Gasteiger partial charge in [-0.2, -0.15) is 0 Å². The third-order valence-corrected chi connectivity index (χ3v) is 0.514. The van der Waals surface area contributed by atoms with Gasteiger partial charge in [0.15, 0.2) is 0 Å². The van der Waals surface area contributed by atoms with E-state index in [2.05, 4.69) is 0 Å². The number of aliphatic hydroxyl groups is 1. The zero-order valence-corrected chi connectivity index (χ0v) is 6.18. The van der Waals surface area contributed by atoms with E-state index in [0.29, 0.717) is 4.48 Å². The van der Waals surface area contributed by atoms with Crippen molar-refractivity contribution in [2.45, 2.75) is 0 Å². The fourth-order valence-electron chi connectivity index (χ4n) is 0.200. The molecular formula is C5H12ClNO. The van der Waals surface area contributed by atoms with E-state index in [1.165, 1.54) is 0 Å². The lowest BCUT2D eigenvalue weighted by molar-refractivity contribution is -0.817. The van der Waals surface area contributed by atoms with Crippen LogP contribution in [0.15, 0.2) is 12.5 Å². The molecule has 0 aromatic rings. The number of nitrogens with zero attached hydrogens (tertiary/aromatic N) is 1. The molecule has 0 aromatic heterocycles. The van der Waals surface area contributed by atoms with Crippen molar-refractivity contribution in [2.75, 3.05) is 21.1 Å². The lowest BCUT2D eigenvalue weighted by atomic mass is 10.7. The SMILES string of the molecule is C[N+](C)(C)/C=C/O.[Cl-]. The molecule has 0 unspecified atom stereocenters. The molecule has 0 radical (unpaired) electrons. The van der Waals surface area contributed by atoms with Crippen molar-refractivity contribution in [1.29, 1.82) is 0 Å². The number of rotatable bonds is 1. The molecule has 0 atom stereocenters. The van der Waals surface area contributed by atoms with Crippen LogP contribution in [0.1, 0.15) is 0 Å². The Bertz CT molecular complexity index is 75.0. The van der Waals surface area contributed by atoms with E-state index < -0.39 is 0 Å². The minimum absolute atomic E-state index is 0. The van der Waals surface area contributed by atoms with Crippen LogP contribution in [0.25, 0.3) is 0 Å². The molecule has 0 aromatic carbocycles. The second-order valence-corrected chi connectivity index (χ2v) is 2.41. The first kappa shape index (κ1) is 10.7. The van der Waals surface area contributed by atoms with Crippen molar-refractivity contribution in [3.05, 3.63) is 12.5 Å². The monoisotopic (exact) mass is 137 g/mol. The van der Waals surface area contributed by atoms with Crippen LogP contribution in [0.4, 0.5) is 0 Å². The van der Waals surface area contributed by atoms with E-state index in [9.17, 15) is 0 Å². The van der Waals surface area contributed by atoms with Gasteiger partial charge in [0.1, 0.15) is 12.5 Å². The summed E-state index contributed by atoms with van der Waals surface area (Å²) in [5, 5.41) is 8.21. The molecule has 2 nitrogen and oxygen atoms in total. The van der Waals surface area contributed by atoms with E-state index in [4.69, 9.17) is 5.11 Å². The standard InChI is InChI=1S/C5H11NO.ClH/c1-6(2,3)4-5-7;/h4-5H,1-3H3;1H/b5-4+;. The Morgan fingerprint density at radius 1 is 1.25 bits per heavy atom. The molecule has 3 heteroatoms. The van der Waals surface area contributed by atoms with Gasteiger partial charge in [0.25, 0.3) is 0 Å². The molecule has 0 aliphatic carbocycles. The largest absolute Gasteiger partial charge is 1.00 e. The smallest absolute Gasteiger partial charge is 0.132 e. The summed E-state index contributed by atoms with van der Waals surface area (Å²) in [6, 6.07) is 0. The summed E-state index contributed by atoms with van der Waals surface area (Å²) in [4.78, 5) is 0. The van der Waals surface area contributed by atoms with Gasteiger partial charge >= 0.3 is 0 Å². The Hall–Kier alpha value is -0.210. The maximum atomic E-state index is 8.21. The van der Waals surface area contributed by atoms with Crippen molar-refractivity contribution >= 4 is 0 Å². The molecule has 0 heterocycles. The van der Waals surface area contributed by atoms with Crippen LogP contribution >= 0.6 is 0 Å². The van der Waals surface area contributed by atoms with Gasteiger partial charge in [0, 0.05) is 0 Å². The Morgan fingerprint density at radius 3 is 1.62 bits per heavy atom. The Morgan fingerprint density at radius 2 is 1.62 bits per heavy atom. The fraction of sp³-hybridized carbons (Fsp3) is 0.600. The van der Waals surface area contributed by atoms with Crippen LogP contribution in [0.3, 0.4) is 0 Å². The zero-order chi connectivity index (χ0) is 5.91. The highest BCUT2D eigenvalue weighted by atomic mass is 35.5. The van der Waals surface area contributed by atoms with Crippen LogP contribution in [-0.4, -0.2) is 30.7 Å². The quantitative estimate of drug-likeness (QED) is 0.319. The number of quaternary nitrogens is 1. The van der Waals surface area contributed by atoms with Gasteiger partial charge in [0.2, 0.25) is 0 Å². The van der Waals surface area contributed by atoms with E-state index >= 15 is 0 Å². The summed E-state index contributed by atoms with van der Waals surface area (Å²) in [7, 11) is 5.90. The minimum atomic E-state index is 0. The van der Waals surface area contributed by atoms with Crippen LogP contribution in [0.5, 0.6) is 0 Å². The van der Waals surface area contributed by atoms with Crippen molar-refractivity contribution in [2.24, 2.45) is 0 Å². The summed E-state index contributed by atoms with van der Waals surface area (Å²) in [5.41, 5.74) is 0. The van der Waals surface area contributed by atoms with E-state index in [1.54, 1.807) is 6.20 Å². The zero-order valence-electron chi connectivity index (χ0n) is 5.43. The normalized spacial score (nSPS) is 11.4. The Labute approximate surface area is 56.4 Å². The summed E-state index contributed by atoms with van der Waals surface area (Å²) in [6.07, 6.45) is 2.74. The van der Waals surface area contributed by atoms with Crippen molar-refractivity contribution < 1.29 is 22.0 Å². The van der Waals surface area contributed by atoms with Gasteiger partial charge in [-0.1, -0.05) is 0 Å². The lowest BCUT2D eigenvalue weighted by Gasteiger charge is -2.15. The highest BCUT2D eigenvalue weighted by molar-refractivity contribution is 4.55. The van der Waals surface area contributed by atoms with E-state index in [1.807, 2.05) is 21.1 Å². The Kier molecular flexibility index (Phi) is 5.02. The average molecular weight is 138 g/mol. The Balaban J connectivity index is 0. The van der Waals surface area contributed by atoms with Gasteiger partial charge in [-0.05, 0) is 0 Å². The predicted octanol–water partition coefficient (Wildman–Crippen LogP) is -2.27. The molecule has 0 saturated carbocycles. The molecule has 0 rings (SSSR count). The molecule has 1 N–H and O–H groups in total. The first-order valence-electron chi connectivity index (χ1n) is 2.19. The minimum Gasteiger partial charge on any atom is -1.00 e. The van der Waals surface area contributed by atoms with Crippen LogP contribution < -0.4 is 12.4 Å². The fourth-order valence-corrected chi connectivity index (χ4v) is 0.200.